The maximum Gasteiger partial charge on any atom is 0.391 e. The molecule has 21 heavy (non-hydrogen) atoms. The Morgan fingerprint density at radius 2 is 1.62 bits per heavy atom. The summed E-state index contributed by atoms with van der Waals surface area (Å²) in [7, 11) is 0. The van der Waals surface area contributed by atoms with E-state index >= 15 is 0 Å². The number of nitrogens with one attached hydrogen (secondary N) is 1. The molecule has 0 aliphatic rings. The van der Waals surface area contributed by atoms with Crippen molar-refractivity contribution in [3.05, 3.63) is 64.1 Å². The Morgan fingerprint density at radius 1 is 0.952 bits per heavy atom. The first-order valence-electron chi connectivity index (χ1n) is 6.18. The molecule has 1 nitrogen and oxygen atoms in total. The van der Waals surface area contributed by atoms with Crippen LogP contribution in [0, 0.1) is 0 Å². The van der Waals surface area contributed by atoms with Gasteiger partial charge >= 0.3 is 6.18 Å². The minimum Gasteiger partial charge on any atom is -0.378 e. The predicted molar refractivity (Wildman–Crippen MR) is 79.9 cm³/mol. The normalized spacial score (nSPS) is 13.0. The zero-order valence-corrected chi connectivity index (χ0v) is 12.3. The molecule has 2 aromatic carbocycles. The van der Waals surface area contributed by atoms with Crippen LogP contribution in [-0.2, 0) is 0 Å². The minimum absolute atomic E-state index is 0.292. The molecule has 1 unspecified atom stereocenters. The average Bonchev–Trinajstić information content (AvgIpc) is 2.42. The molecule has 0 aromatic heterocycles. The Balaban J connectivity index is 2.25. The molecule has 0 heterocycles. The third kappa shape index (κ3) is 4.83. The van der Waals surface area contributed by atoms with Crippen LogP contribution in [0.1, 0.15) is 18.0 Å². The van der Waals surface area contributed by atoms with Gasteiger partial charge in [-0.15, -0.1) is 0 Å². The zero-order chi connectivity index (χ0) is 15.5. The van der Waals surface area contributed by atoms with Crippen molar-refractivity contribution in [3.63, 3.8) is 0 Å². The fourth-order valence-corrected chi connectivity index (χ4v) is 2.25. The Morgan fingerprint density at radius 3 is 2.19 bits per heavy atom. The van der Waals surface area contributed by atoms with Crippen molar-refractivity contribution in [1.29, 1.82) is 0 Å². The number of halogens is 5. The summed E-state index contributed by atoms with van der Waals surface area (Å²) in [4.78, 5) is 0. The second kappa shape index (κ2) is 6.58. The molecule has 2 aromatic rings. The van der Waals surface area contributed by atoms with Crippen molar-refractivity contribution >= 4 is 28.9 Å². The molecule has 112 valence electrons. The van der Waals surface area contributed by atoms with Crippen molar-refractivity contribution < 1.29 is 13.2 Å². The molecule has 0 saturated carbocycles. The Bertz CT molecular complexity index is 600. The van der Waals surface area contributed by atoms with Gasteiger partial charge in [0.1, 0.15) is 0 Å². The van der Waals surface area contributed by atoms with Gasteiger partial charge in [0.2, 0.25) is 0 Å². The van der Waals surface area contributed by atoms with Crippen molar-refractivity contribution in [2.24, 2.45) is 0 Å². The molecule has 0 spiro atoms. The molecule has 0 fully saturated rings. The lowest BCUT2D eigenvalue weighted by Crippen LogP contribution is -2.20. The molecule has 1 atom stereocenters. The van der Waals surface area contributed by atoms with E-state index in [4.69, 9.17) is 23.2 Å². The van der Waals surface area contributed by atoms with Crippen LogP contribution in [0.5, 0.6) is 0 Å². The van der Waals surface area contributed by atoms with Crippen molar-refractivity contribution in [2.75, 3.05) is 5.32 Å². The number of hydrogen-bond donors (Lipinski definition) is 1. The van der Waals surface area contributed by atoms with Crippen molar-refractivity contribution in [3.8, 4) is 0 Å². The van der Waals surface area contributed by atoms with E-state index in [1.54, 1.807) is 42.5 Å². The fraction of sp³-hybridized carbons (Fsp3) is 0.200. The quantitative estimate of drug-likeness (QED) is 0.712. The third-order valence-electron chi connectivity index (χ3n) is 2.90. The highest BCUT2D eigenvalue weighted by Gasteiger charge is 2.32. The van der Waals surface area contributed by atoms with Crippen LogP contribution in [0.15, 0.2) is 48.5 Å². The maximum atomic E-state index is 12.8. The van der Waals surface area contributed by atoms with Gasteiger partial charge in [0.15, 0.2) is 0 Å². The minimum atomic E-state index is -4.27. The SMILES string of the molecule is FC(F)(F)CC(Nc1ccc(Cl)c(Cl)c1)c1ccccc1. The van der Waals surface area contributed by atoms with Crippen LogP contribution >= 0.6 is 23.2 Å². The summed E-state index contributed by atoms with van der Waals surface area (Å²) in [6.45, 7) is 0. The predicted octanol–water partition coefficient (Wildman–Crippen LogP) is 6.10. The van der Waals surface area contributed by atoms with Gasteiger partial charge < -0.3 is 5.32 Å². The summed E-state index contributed by atoms with van der Waals surface area (Å²) in [6.07, 6.45) is -5.25. The highest BCUT2D eigenvalue weighted by atomic mass is 35.5. The maximum absolute atomic E-state index is 12.8. The van der Waals surface area contributed by atoms with Crippen LogP contribution in [0.3, 0.4) is 0 Å². The second-order valence-corrected chi connectivity index (χ2v) is 5.37. The van der Waals surface area contributed by atoms with Crippen molar-refractivity contribution in [2.45, 2.75) is 18.6 Å². The van der Waals surface area contributed by atoms with Crippen LogP contribution in [-0.4, -0.2) is 6.18 Å². The number of alkyl halides is 3. The Hall–Kier alpha value is -1.39. The fourth-order valence-electron chi connectivity index (χ4n) is 1.96. The topological polar surface area (TPSA) is 12.0 Å². The summed E-state index contributed by atoms with van der Waals surface area (Å²) in [5, 5.41) is 3.50. The first kappa shape index (κ1) is 16.0. The second-order valence-electron chi connectivity index (χ2n) is 4.56. The summed E-state index contributed by atoms with van der Waals surface area (Å²) in [5.41, 5.74) is 1.04. The molecular weight excluding hydrogens is 322 g/mol. The zero-order valence-electron chi connectivity index (χ0n) is 10.8. The van der Waals surface area contributed by atoms with Crippen LogP contribution in [0.4, 0.5) is 18.9 Å². The van der Waals surface area contributed by atoms with E-state index in [1.807, 2.05) is 0 Å². The lowest BCUT2D eigenvalue weighted by molar-refractivity contribution is -0.137. The standard InChI is InChI=1S/C15H12Cl2F3N/c16-12-7-6-11(8-13(12)17)21-14(9-15(18,19)20)10-4-2-1-3-5-10/h1-8,14,21H,9H2. The summed E-state index contributed by atoms with van der Waals surface area (Å²) in [6, 6.07) is 12.2. The average molecular weight is 334 g/mol. The molecule has 0 aliphatic carbocycles. The molecule has 0 radical (unpaired) electrons. The summed E-state index contributed by atoms with van der Waals surface area (Å²) >= 11 is 11.7. The van der Waals surface area contributed by atoms with Gasteiger partial charge in [0.05, 0.1) is 22.5 Å². The lowest BCUT2D eigenvalue weighted by Gasteiger charge is -2.22. The highest BCUT2D eigenvalue weighted by Crippen LogP contribution is 2.33. The number of hydrogen-bond acceptors (Lipinski definition) is 1. The van der Waals surface area contributed by atoms with Gasteiger partial charge in [0.25, 0.3) is 0 Å². The van der Waals surface area contributed by atoms with E-state index < -0.39 is 18.6 Å². The van der Waals surface area contributed by atoms with E-state index in [1.165, 1.54) is 6.07 Å². The van der Waals surface area contributed by atoms with Crippen molar-refractivity contribution in [1.82, 2.24) is 0 Å². The highest BCUT2D eigenvalue weighted by molar-refractivity contribution is 6.42. The summed E-state index contributed by atoms with van der Waals surface area (Å²) < 4.78 is 38.3. The third-order valence-corrected chi connectivity index (χ3v) is 3.64. The van der Waals surface area contributed by atoms with E-state index in [9.17, 15) is 13.2 Å². The van der Waals surface area contributed by atoms with Gasteiger partial charge in [-0.1, -0.05) is 53.5 Å². The molecule has 0 amide bonds. The van der Waals surface area contributed by atoms with Crippen LogP contribution in [0.2, 0.25) is 10.0 Å². The first-order chi connectivity index (χ1) is 9.85. The molecule has 1 N–H and O–H groups in total. The van der Waals surface area contributed by atoms with Gasteiger partial charge in [-0.05, 0) is 23.8 Å². The number of benzene rings is 2. The van der Waals surface area contributed by atoms with E-state index in [-0.39, 0.29) is 0 Å². The van der Waals surface area contributed by atoms with Crippen LogP contribution in [0.25, 0.3) is 0 Å². The van der Waals surface area contributed by atoms with Gasteiger partial charge in [-0.2, -0.15) is 13.2 Å². The lowest BCUT2D eigenvalue weighted by atomic mass is 10.0. The summed E-state index contributed by atoms with van der Waals surface area (Å²) in [5.74, 6) is 0. The number of anilines is 1. The molecule has 0 aliphatic heterocycles. The molecule has 0 saturated heterocycles. The molecule has 6 heteroatoms. The Kier molecular flexibility index (Phi) is 5.01. The van der Waals surface area contributed by atoms with E-state index in [0.29, 0.717) is 21.3 Å². The first-order valence-corrected chi connectivity index (χ1v) is 6.94. The molecule has 0 bridgehead atoms. The van der Waals surface area contributed by atoms with E-state index in [0.717, 1.165) is 0 Å². The van der Waals surface area contributed by atoms with Gasteiger partial charge in [0, 0.05) is 5.69 Å². The smallest absolute Gasteiger partial charge is 0.378 e. The van der Waals surface area contributed by atoms with Gasteiger partial charge in [-0.3, -0.25) is 0 Å². The van der Waals surface area contributed by atoms with E-state index in [2.05, 4.69) is 5.32 Å². The largest absolute Gasteiger partial charge is 0.391 e. The monoisotopic (exact) mass is 333 g/mol. The molecular formula is C15H12Cl2F3N. The molecule has 2 rings (SSSR count). The Labute approximate surface area is 130 Å². The number of rotatable bonds is 4. The van der Waals surface area contributed by atoms with Gasteiger partial charge in [-0.25, -0.2) is 0 Å². The van der Waals surface area contributed by atoms with Crippen LogP contribution < -0.4 is 5.32 Å².